The minimum absolute atomic E-state index is 0.0454. The lowest BCUT2D eigenvalue weighted by Gasteiger charge is -2.14. The Morgan fingerprint density at radius 1 is 1.40 bits per heavy atom. The van der Waals surface area contributed by atoms with Gasteiger partial charge in [-0.2, -0.15) is 0 Å². The van der Waals surface area contributed by atoms with Crippen LogP contribution in [0.3, 0.4) is 0 Å². The first-order valence-corrected chi connectivity index (χ1v) is 6.77. The molecule has 0 bridgehead atoms. The van der Waals surface area contributed by atoms with Crippen LogP contribution in [-0.4, -0.2) is 32.8 Å². The molecule has 0 aliphatic carbocycles. The molecule has 0 heterocycles. The topological polar surface area (TPSA) is 73.6 Å². The zero-order valence-electron chi connectivity index (χ0n) is 12.4. The predicted molar refractivity (Wildman–Crippen MR) is 78.6 cm³/mol. The number of aryl methyl sites for hydroxylation is 1. The molecule has 1 atom stereocenters. The molecule has 0 aliphatic heterocycles. The Kier molecular flexibility index (Phi) is 7.04. The van der Waals surface area contributed by atoms with Crippen LogP contribution in [0.25, 0.3) is 0 Å². The number of benzene rings is 1. The minimum atomic E-state index is -0.182. The highest BCUT2D eigenvalue weighted by atomic mass is 16.5. The average Bonchev–Trinajstić information content (AvgIpc) is 2.45. The van der Waals surface area contributed by atoms with E-state index in [0.717, 1.165) is 16.9 Å². The number of methoxy groups -OCH3 is 1. The van der Waals surface area contributed by atoms with Crippen LogP contribution in [0.2, 0.25) is 0 Å². The van der Waals surface area contributed by atoms with Crippen LogP contribution < -0.4 is 15.8 Å². The average molecular weight is 280 g/mol. The molecule has 0 radical (unpaired) electrons. The van der Waals surface area contributed by atoms with Crippen molar-refractivity contribution < 1.29 is 14.3 Å². The maximum Gasteiger partial charge on any atom is 0.224 e. The maximum absolute atomic E-state index is 11.7. The van der Waals surface area contributed by atoms with Gasteiger partial charge in [0.05, 0.1) is 6.61 Å². The first-order valence-electron chi connectivity index (χ1n) is 6.77. The number of carbonyl (C=O) groups is 1. The second kappa shape index (κ2) is 8.55. The van der Waals surface area contributed by atoms with Crippen LogP contribution in [0.4, 0.5) is 0 Å². The van der Waals surface area contributed by atoms with Gasteiger partial charge in [-0.3, -0.25) is 4.79 Å². The first-order chi connectivity index (χ1) is 9.58. The van der Waals surface area contributed by atoms with E-state index in [-0.39, 0.29) is 11.8 Å². The largest absolute Gasteiger partial charge is 0.491 e. The Morgan fingerprint density at radius 3 is 2.80 bits per heavy atom. The van der Waals surface area contributed by atoms with Gasteiger partial charge in [0.1, 0.15) is 12.4 Å². The monoisotopic (exact) mass is 280 g/mol. The molecule has 3 N–H and O–H groups in total. The Labute approximate surface area is 120 Å². The molecule has 20 heavy (non-hydrogen) atoms. The van der Waals surface area contributed by atoms with E-state index in [9.17, 15) is 4.79 Å². The van der Waals surface area contributed by atoms with Gasteiger partial charge in [0.2, 0.25) is 5.91 Å². The summed E-state index contributed by atoms with van der Waals surface area (Å²) in [6.45, 7) is 5.61. The zero-order chi connectivity index (χ0) is 15.0. The quantitative estimate of drug-likeness (QED) is 0.702. The molecular formula is C15H24N2O3. The predicted octanol–water partition coefficient (Wildman–Crippen LogP) is 1.23. The fourth-order valence-electron chi connectivity index (χ4n) is 1.64. The number of hydrogen-bond donors (Lipinski definition) is 2. The lowest BCUT2D eigenvalue weighted by molar-refractivity contribution is -0.124. The highest BCUT2D eigenvalue weighted by Gasteiger charge is 2.11. The molecule has 1 rings (SSSR count). The second-order valence-corrected chi connectivity index (χ2v) is 4.81. The Hall–Kier alpha value is -1.59. The highest BCUT2D eigenvalue weighted by Crippen LogP contribution is 2.20. The lowest BCUT2D eigenvalue weighted by Crippen LogP contribution is -2.32. The van der Waals surface area contributed by atoms with Gasteiger partial charge in [0, 0.05) is 31.7 Å². The molecule has 0 aromatic heterocycles. The van der Waals surface area contributed by atoms with E-state index in [0.29, 0.717) is 26.3 Å². The van der Waals surface area contributed by atoms with Crippen molar-refractivity contribution in [3.63, 3.8) is 0 Å². The van der Waals surface area contributed by atoms with Crippen molar-refractivity contribution >= 4 is 5.91 Å². The number of amides is 1. The first kappa shape index (κ1) is 16.5. The van der Waals surface area contributed by atoms with Crippen molar-refractivity contribution in [2.45, 2.75) is 20.4 Å². The van der Waals surface area contributed by atoms with Gasteiger partial charge in [0.15, 0.2) is 0 Å². The standard InChI is InChI=1S/C15H24N2O3/c1-11-4-5-13(10-17-15(18)12(2)9-16)14(8-11)20-7-6-19-3/h4-5,8,12H,6-7,9-10,16H2,1-3H3,(H,17,18). The summed E-state index contributed by atoms with van der Waals surface area (Å²) in [5, 5.41) is 2.87. The van der Waals surface area contributed by atoms with Gasteiger partial charge in [-0.25, -0.2) is 0 Å². The van der Waals surface area contributed by atoms with Gasteiger partial charge < -0.3 is 20.5 Å². The third-order valence-electron chi connectivity index (χ3n) is 3.02. The molecule has 0 saturated carbocycles. The van der Waals surface area contributed by atoms with Crippen LogP contribution in [0.15, 0.2) is 18.2 Å². The van der Waals surface area contributed by atoms with Crippen LogP contribution in [0.1, 0.15) is 18.1 Å². The third kappa shape index (κ3) is 5.19. The number of hydrogen-bond acceptors (Lipinski definition) is 4. The van der Waals surface area contributed by atoms with E-state index in [1.807, 2.05) is 25.1 Å². The van der Waals surface area contributed by atoms with Gasteiger partial charge >= 0.3 is 0 Å². The fraction of sp³-hybridized carbons (Fsp3) is 0.533. The molecule has 5 nitrogen and oxygen atoms in total. The number of nitrogens with two attached hydrogens (primary N) is 1. The van der Waals surface area contributed by atoms with Gasteiger partial charge in [0.25, 0.3) is 0 Å². The van der Waals surface area contributed by atoms with Crippen molar-refractivity contribution in [1.82, 2.24) is 5.32 Å². The maximum atomic E-state index is 11.7. The van der Waals surface area contributed by atoms with E-state index >= 15 is 0 Å². The van der Waals surface area contributed by atoms with Crippen LogP contribution in [0.5, 0.6) is 5.75 Å². The van der Waals surface area contributed by atoms with Gasteiger partial charge in [-0.1, -0.05) is 19.1 Å². The number of ether oxygens (including phenoxy) is 2. The van der Waals surface area contributed by atoms with Crippen LogP contribution in [0, 0.1) is 12.8 Å². The fourth-order valence-corrected chi connectivity index (χ4v) is 1.64. The van der Waals surface area contributed by atoms with E-state index < -0.39 is 0 Å². The highest BCUT2D eigenvalue weighted by molar-refractivity contribution is 5.78. The smallest absolute Gasteiger partial charge is 0.224 e. The summed E-state index contributed by atoms with van der Waals surface area (Å²) in [5.74, 6) is 0.553. The Morgan fingerprint density at radius 2 is 2.15 bits per heavy atom. The molecule has 0 aliphatic rings. The molecule has 1 aromatic carbocycles. The van der Waals surface area contributed by atoms with Gasteiger partial charge in [-0.15, -0.1) is 0 Å². The summed E-state index contributed by atoms with van der Waals surface area (Å²) in [4.78, 5) is 11.7. The molecule has 1 amide bonds. The van der Waals surface area contributed by atoms with E-state index in [4.69, 9.17) is 15.2 Å². The van der Waals surface area contributed by atoms with Crippen molar-refractivity contribution in [2.24, 2.45) is 11.7 Å². The van der Waals surface area contributed by atoms with Gasteiger partial charge in [-0.05, 0) is 18.6 Å². The number of nitrogens with one attached hydrogen (secondary N) is 1. The van der Waals surface area contributed by atoms with Crippen molar-refractivity contribution in [2.75, 3.05) is 26.9 Å². The van der Waals surface area contributed by atoms with Crippen LogP contribution >= 0.6 is 0 Å². The van der Waals surface area contributed by atoms with Crippen LogP contribution in [-0.2, 0) is 16.1 Å². The summed E-state index contributed by atoms with van der Waals surface area (Å²) in [6, 6.07) is 5.92. The summed E-state index contributed by atoms with van der Waals surface area (Å²) in [6.07, 6.45) is 0. The summed E-state index contributed by atoms with van der Waals surface area (Å²) >= 11 is 0. The molecule has 1 aromatic rings. The molecule has 112 valence electrons. The normalized spacial score (nSPS) is 12.0. The third-order valence-corrected chi connectivity index (χ3v) is 3.02. The zero-order valence-corrected chi connectivity index (χ0v) is 12.4. The van der Waals surface area contributed by atoms with E-state index in [1.165, 1.54) is 0 Å². The van der Waals surface area contributed by atoms with Crippen molar-refractivity contribution in [1.29, 1.82) is 0 Å². The molecule has 0 fully saturated rings. The Balaban J connectivity index is 2.66. The molecule has 5 heteroatoms. The number of rotatable bonds is 8. The number of carbonyl (C=O) groups excluding carboxylic acids is 1. The molecular weight excluding hydrogens is 256 g/mol. The molecule has 0 saturated heterocycles. The van der Waals surface area contributed by atoms with E-state index in [1.54, 1.807) is 14.0 Å². The van der Waals surface area contributed by atoms with E-state index in [2.05, 4.69) is 5.32 Å². The summed E-state index contributed by atoms with van der Waals surface area (Å²) in [5.41, 5.74) is 7.54. The summed E-state index contributed by atoms with van der Waals surface area (Å²) < 4.78 is 10.6. The minimum Gasteiger partial charge on any atom is -0.491 e. The molecule has 1 unspecified atom stereocenters. The summed E-state index contributed by atoms with van der Waals surface area (Å²) in [7, 11) is 1.63. The van der Waals surface area contributed by atoms with Crippen molar-refractivity contribution in [3.8, 4) is 5.75 Å². The lowest BCUT2D eigenvalue weighted by atomic mass is 10.1. The molecule has 0 spiro atoms. The second-order valence-electron chi connectivity index (χ2n) is 4.81. The Bertz CT molecular complexity index is 435. The van der Waals surface area contributed by atoms with Crippen molar-refractivity contribution in [3.05, 3.63) is 29.3 Å². The SMILES string of the molecule is COCCOc1cc(C)ccc1CNC(=O)C(C)CN.